The molecule has 23 heavy (non-hydrogen) atoms. The molecule has 2 aromatic carbocycles. The maximum absolute atomic E-state index is 11.3. The summed E-state index contributed by atoms with van der Waals surface area (Å²) in [6.45, 7) is 0. The number of phenols is 1. The van der Waals surface area contributed by atoms with Gasteiger partial charge in [-0.25, -0.2) is 0 Å². The highest BCUT2D eigenvalue weighted by Crippen LogP contribution is 2.45. The summed E-state index contributed by atoms with van der Waals surface area (Å²) < 4.78 is 5.37. The molecule has 0 bridgehead atoms. The summed E-state index contributed by atoms with van der Waals surface area (Å²) in [7, 11) is 0. The van der Waals surface area contributed by atoms with Crippen molar-refractivity contribution in [2.45, 2.75) is 5.92 Å². The van der Waals surface area contributed by atoms with Crippen molar-refractivity contribution >= 4 is 5.69 Å². The summed E-state index contributed by atoms with van der Waals surface area (Å²) in [5.74, 6) is -0.623. The van der Waals surface area contributed by atoms with Crippen molar-refractivity contribution in [3.8, 4) is 17.6 Å². The lowest BCUT2D eigenvalue weighted by Crippen LogP contribution is -2.21. The fraction of sp³-hybridized carbons (Fsp3) is 0.0625. The molecule has 0 fully saturated rings. The molecule has 0 saturated heterocycles. The van der Waals surface area contributed by atoms with E-state index >= 15 is 0 Å². The summed E-state index contributed by atoms with van der Waals surface area (Å²) in [6.07, 6.45) is 0. The van der Waals surface area contributed by atoms with E-state index in [0.717, 1.165) is 0 Å². The monoisotopic (exact) mass is 309 g/mol. The fourth-order valence-corrected chi connectivity index (χ4v) is 2.66. The third kappa shape index (κ3) is 2.32. The molecular formula is C16H11N3O4. The zero-order valence-electron chi connectivity index (χ0n) is 11.8. The van der Waals surface area contributed by atoms with Gasteiger partial charge in [-0.3, -0.25) is 10.1 Å². The number of fused-ring (bicyclic) bond motifs is 1. The number of para-hydroxylation sites is 1. The van der Waals surface area contributed by atoms with Crippen molar-refractivity contribution in [2.75, 3.05) is 0 Å². The second kappa shape index (κ2) is 5.35. The Balaban J connectivity index is 2.29. The molecule has 1 aliphatic heterocycles. The van der Waals surface area contributed by atoms with Crippen LogP contribution in [0.25, 0.3) is 0 Å². The molecule has 0 aromatic heterocycles. The molecule has 0 saturated carbocycles. The Morgan fingerprint density at radius 1 is 1.26 bits per heavy atom. The van der Waals surface area contributed by atoms with E-state index in [1.165, 1.54) is 18.2 Å². The maximum Gasteiger partial charge on any atom is 0.273 e. The highest BCUT2D eigenvalue weighted by atomic mass is 16.6. The number of phenolic OH excluding ortho intramolecular Hbond substituents is 1. The molecule has 3 N–H and O–H groups in total. The number of hydrogen-bond donors (Lipinski definition) is 2. The summed E-state index contributed by atoms with van der Waals surface area (Å²) in [6, 6.07) is 12.5. The minimum absolute atomic E-state index is 0.0294. The zero-order chi connectivity index (χ0) is 16.6. The number of nitriles is 1. The summed E-state index contributed by atoms with van der Waals surface area (Å²) >= 11 is 0. The smallest absolute Gasteiger partial charge is 0.273 e. The topological polar surface area (TPSA) is 122 Å². The van der Waals surface area contributed by atoms with Gasteiger partial charge in [0.15, 0.2) is 0 Å². The van der Waals surface area contributed by atoms with Crippen LogP contribution in [0.1, 0.15) is 17.0 Å². The molecule has 1 unspecified atom stereocenters. The van der Waals surface area contributed by atoms with Crippen LogP contribution in [0, 0.1) is 21.4 Å². The van der Waals surface area contributed by atoms with Crippen molar-refractivity contribution in [3.63, 3.8) is 0 Å². The van der Waals surface area contributed by atoms with Gasteiger partial charge in [0.05, 0.1) is 10.8 Å². The maximum atomic E-state index is 11.3. The van der Waals surface area contributed by atoms with E-state index in [1.54, 1.807) is 24.3 Å². The van der Waals surface area contributed by atoms with Gasteiger partial charge in [-0.05, 0) is 6.07 Å². The van der Waals surface area contributed by atoms with Gasteiger partial charge in [0.2, 0.25) is 5.88 Å². The quantitative estimate of drug-likeness (QED) is 0.649. The molecular weight excluding hydrogens is 298 g/mol. The minimum Gasteiger partial charge on any atom is -0.508 e. The number of aromatic hydroxyl groups is 1. The number of benzene rings is 2. The van der Waals surface area contributed by atoms with E-state index < -0.39 is 10.8 Å². The number of ether oxygens (including phenoxy) is 1. The van der Waals surface area contributed by atoms with Gasteiger partial charge in [-0.2, -0.15) is 5.26 Å². The fourth-order valence-electron chi connectivity index (χ4n) is 2.66. The summed E-state index contributed by atoms with van der Waals surface area (Å²) in [5.41, 5.74) is 6.65. The van der Waals surface area contributed by atoms with Crippen LogP contribution in [0.2, 0.25) is 0 Å². The number of hydrogen-bond acceptors (Lipinski definition) is 6. The SMILES string of the molecule is N#CC1=C(N)Oc2cc(O)ccc2C1c1ccccc1[N+](=O)[O-]. The lowest BCUT2D eigenvalue weighted by Gasteiger charge is -2.26. The van der Waals surface area contributed by atoms with Crippen LogP contribution in [0.15, 0.2) is 53.9 Å². The van der Waals surface area contributed by atoms with Crippen molar-refractivity contribution in [1.29, 1.82) is 5.26 Å². The molecule has 1 atom stereocenters. The van der Waals surface area contributed by atoms with Crippen molar-refractivity contribution in [3.05, 3.63) is 75.2 Å². The van der Waals surface area contributed by atoms with Crippen molar-refractivity contribution in [2.24, 2.45) is 5.73 Å². The predicted molar refractivity (Wildman–Crippen MR) is 80.5 cm³/mol. The van der Waals surface area contributed by atoms with Crippen LogP contribution in [-0.4, -0.2) is 10.0 Å². The zero-order valence-corrected chi connectivity index (χ0v) is 11.8. The molecule has 0 radical (unpaired) electrons. The van der Waals surface area contributed by atoms with Gasteiger partial charge in [0.1, 0.15) is 23.1 Å². The summed E-state index contributed by atoms with van der Waals surface area (Å²) in [4.78, 5) is 10.8. The molecule has 0 aliphatic carbocycles. The Morgan fingerprint density at radius 2 is 2.00 bits per heavy atom. The number of allylic oxidation sites excluding steroid dienone is 1. The first-order valence-electron chi connectivity index (χ1n) is 6.66. The lowest BCUT2D eigenvalue weighted by atomic mass is 9.83. The Morgan fingerprint density at radius 3 is 2.70 bits per heavy atom. The van der Waals surface area contributed by atoms with Crippen LogP contribution in [0.4, 0.5) is 5.69 Å². The first kappa shape index (κ1) is 14.4. The van der Waals surface area contributed by atoms with Gasteiger partial charge in [-0.15, -0.1) is 0 Å². The van der Waals surface area contributed by atoms with Gasteiger partial charge in [-0.1, -0.05) is 24.3 Å². The number of nitrogens with zero attached hydrogens (tertiary/aromatic N) is 2. The highest BCUT2D eigenvalue weighted by Gasteiger charge is 2.34. The number of rotatable bonds is 2. The second-order valence-corrected chi connectivity index (χ2v) is 4.96. The molecule has 7 nitrogen and oxygen atoms in total. The Bertz CT molecular complexity index is 883. The molecule has 0 amide bonds. The number of nitro groups is 1. The molecule has 1 heterocycles. The Labute approximate surface area is 131 Å². The normalized spacial score (nSPS) is 16.2. The predicted octanol–water partition coefficient (Wildman–Crippen LogP) is 2.52. The van der Waals surface area contributed by atoms with Gasteiger partial charge in [0.25, 0.3) is 5.69 Å². The number of nitro benzene ring substituents is 1. The van der Waals surface area contributed by atoms with Crippen molar-refractivity contribution < 1.29 is 14.8 Å². The average molecular weight is 309 g/mol. The molecule has 2 aromatic rings. The molecule has 0 spiro atoms. The van der Waals surface area contributed by atoms with Crippen LogP contribution in [0.3, 0.4) is 0 Å². The van der Waals surface area contributed by atoms with Crippen LogP contribution in [-0.2, 0) is 0 Å². The third-order valence-electron chi connectivity index (χ3n) is 3.65. The van der Waals surface area contributed by atoms with Crippen LogP contribution in [0.5, 0.6) is 11.5 Å². The van der Waals surface area contributed by atoms with Crippen LogP contribution >= 0.6 is 0 Å². The minimum atomic E-state index is -0.731. The van der Waals surface area contributed by atoms with E-state index in [2.05, 4.69) is 0 Å². The van der Waals surface area contributed by atoms with E-state index in [1.807, 2.05) is 6.07 Å². The van der Waals surface area contributed by atoms with E-state index in [9.17, 15) is 20.5 Å². The first-order chi connectivity index (χ1) is 11.0. The second-order valence-electron chi connectivity index (χ2n) is 4.96. The largest absolute Gasteiger partial charge is 0.508 e. The van der Waals surface area contributed by atoms with E-state index in [-0.39, 0.29) is 28.6 Å². The molecule has 1 aliphatic rings. The van der Waals surface area contributed by atoms with E-state index in [4.69, 9.17) is 10.5 Å². The molecule has 3 rings (SSSR count). The molecule has 7 heteroatoms. The summed E-state index contributed by atoms with van der Waals surface area (Å²) in [5, 5.41) is 30.3. The van der Waals surface area contributed by atoms with Gasteiger partial charge in [0, 0.05) is 23.3 Å². The average Bonchev–Trinajstić information content (AvgIpc) is 2.53. The number of nitrogens with two attached hydrogens (primary N) is 1. The highest BCUT2D eigenvalue weighted by molar-refractivity contribution is 5.60. The van der Waals surface area contributed by atoms with Crippen LogP contribution < -0.4 is 10.5 Å². The van der Waals surface area contributed by atoms with Gasteiger partial charge < -0.3 is 15.6 Å². The standard InChI is InChI=1S/C16H11N3O4/c17-8-12-15(10-3-1-2-4-13(10)19(21)22)11-6-5-9(20)7-14(11)23-16(12)18/h1-7,15,20H,18H2. The lowest BCUT2D eigenvalue weighted by molar-refractivity contribution is -0.385. The Kier molecular flexibility index (Phi) is 3.35. The third-order valence-corrected chi connectivity index (χ3v) is 3.65. The van der Waals surface area contributed by atoms with Crippen molar-refractivity contribution in [1.82, 2.24) is 0 Å². The molecule has 114 valence electrons. The van der Waals surface area contributed by atoms with Gasteiger partial charge >= 0.3 is 0 Å². The Hall–Kier alpha value is -3.53. The first-order valence-corrected chi connectivity index (χ1v) is 6.66. The van der Waals surface area contributed by atoms with E-state index in [0.29, 0.717) is 11.1 Å².